The van der Waals surface area contributed by atoms with Crippen molar-refractivity contribution < 1.29 is 14.6 Å². The number of aryl methyl sites for hydroxylation is 1. The number of ether oxygens (including phenoxy) is 1. The van der Waals surface area contributed by atoms with Gasteiger partial charge >= 0.3 is 5.97 Å². The van der Waals surface area contributed by atoms with Crippen LogP contribution in [-0.2, 0) is 9.53 Å². The van der Waals surface area contributed by atoms with Crippen LogP contribution in [0.15, 0.2) is 18.2 Å². The highest BCUT2D eigenvalue weighted by atomic mass is 16.5. The highest BCUT2D eigenvalue weighted by molar-refractivity contribution is 5.73. The minimum Gasteiger partial charge on any atom is -0.481 e. The smallest absolute Gasteiger partial charge is 0.311 e. The second-order valence-corrected chi connectivity index (χ2v) is 4.92. The van der Waals surface area contributed by atoms with Crippen LogP contribution in [0.4, 0.5) is 5.69 Å². The molecule has 0 aliphatic carbocycles. The van der Waals surface area contributed by atoms with Crippen LogP contribution in [-0.4, -0.2) is 36.9 Å². The molecule has 1 N–H and O–H groups in total. The standard InChI is InChI=1S/C15H18N2O3/c1-3-17(13-9-20-8-12(13)15(18)19)14-10(2)5-4-6-11(14)7-16/h4-6,12-13H,3,8-9H2,1-2H3,(H,18,19). The Morgan fingerprint density at radius 3 is 2.90 bits per heavy atom. The molecule has 5 heteroatoms. The summed E-state index contributed by atoms with van der Waals surface area (Å²) in [5.41, 5.74) is 2.36. The van der Waals surface area contributed by atoms with Gasteiger partial charge in [-0.1, -0.05) is 12.1 Å². The third-order valence-corrected chi connectivity index (χ3v) is 3.75. The summed E-state index contributed by atoms with van der Waals surface area (Å²) in [5.74, 6) is -1.40. The van der Waals surface area contributed by atoms with Crippen molar-refractivity contribution in [1.29, 1.82) is 5.26 Å². The van der Waals surface area contributed by atoms with Crippen LogP contribution in [0.5, 0.6) is 0 Å². The topological polar surface area (TPSA) is 73.6 Å². The van der Waals surface area contributed by atoms with Crippen molar-refractivity contribution in [1.82, 2.24) is 0 Å². The molecule has 1 aromatic rings. The van der Waals surface area contributed by atoms with Gasteiger partial charge in [-0.05, 0) is 25.5 Å². The third-order valence-electron chi connectivity index (χ3n) is 3.75. The molecule has 1 saturated heterocycles. The molecule has 20 heavy (non-hydrogen) atoms. The van der Waals surface area contributed by atoms with E-state index in [0.29, 0.717) is 18.7 Å². The van der Waals surface area contributed by atoms with Gasteiger partial charge in [0.25, 0.3) is 0 Å². The molecule has 2 unspecified atom stereocenters. The highest BCUT2D eigenvalue weighted by Crippen LogP contribution is 2.31. The Morgan fingerprint density at radius 2 is 2.30 bits per heavy atom. The van der Waals surface area contributed by atoms with E-state index >= 15 is 0 Å². The predicted molar refractivity (Wildman–Crippen MR) is 74.6 cm³/mol. The Labute approximate surface area is 118 Å². The van der Waals surface area contributed by atoms with Gasteiger partial charge in [-0.2, -0.15) is 5.26 Å². The van der Waals surface area contributed by atoms with Crippen molar-refractivity contribution in [3.63, 3.8) is 0 Å². The van der Waals surface area contributed by atoms with E-state index in [2.05, 4.69) is 6.07 Å². The summed E-state index contributed by atoms with van der Waals surface area (Å²) in [6, 6.07) is 7.49. The van der Waals surface area contributed by atoms with E-state index < -0.39 is 11.9 Å². The van der Waals surface area contributed by atoms with E-state index in [-0.39, 0.29) is 12.6 Å². The largest absolute Gasteiger partial charge is 0.481 e. The second kappa shape index (κ2) is 5.93. The van der Waals surface area contributed by atoms with E-state index in [0.717, 1.165) is 11.3 Å². The molecule has 106 valence electrons. The van der Waals surface area contributed by atoms with E-state index in [9.17, 15) is 15.2 Å². The fraction of sp³-hybridized carbons (Fsp3) is 0.467. The maximum atomic E-state index is 11.3. The van der Waals surface area contributed by atoms with Crippen LogP contribution in [0.25, 0.3) is 0 Å². The quantitative estimate of drug-likeness (QED) is 0.906. The van der Waals surface area contributed by atoms with Crippen molar-refractivity contribution in [2.45, 2.75) is 19.9 Å². The normalized spacial score (nSPS) is 21.4. The lowest BCUT2D eigenvalue weighted by Crippen LogP contribution is -2.44. The number of carboxylic acids is 1. The Balaban J connectivity index is 2.43. The van der Waals surface area contributed by atoms with Crippen LogP contribution < -0.4 is 4.90 Å². The van der Waals surface area contributed by atoms with Gasteiger partial charge < -0.3 is 14.7 Å². The first-order chi connectivity index (χ1) is 9.60. The lowest BCUT2D eigenvalue weighted by Gasteiger charge is -2.33. The van der Waals surface area contributed by atoms with Crippen molar-refractivity contribution >= 4 is 11.7 Å². The molecule has 1 fully saturated rings. The SMILES string of the molecule is CCN(c1c(C)cccc1C#N)C1COCC1C(=O)O. The molecule has 0 aromatic heterocycles. The summed E-state index contributed by atoms with van der Waals surface area (Å²) in [4.78, 5) is 13.3. The average Bonchev–Trinajstić information content (AvgIpc) is 2.90. The number of nitriles is 1. The van der Waals surface area contributed by atoms with Gasteiger partial charge in [-0.15, -0.1) is 0 Å². The van der Waals surface area contributed by atoms with Crippen LogP contribution in [0.1, 0.15) is 18.1 Å². The van der Waals surface area contributed by atoms with Gasteiger partial charge in [0.15, 0.2) is 0 Å². The first-order valence-corrected chi connectivity index (χ1v) is 6.67. The number of hydrogen-bond acceptors (Lipinski definition) is 4. The lowest BCUT2D eigenvalue weighted by molar-refractivity contribution is -0.141. The fourth-order valence-electron chi connectivity index (χ4n) is 2.77. The van der Waals surface area contributed by atoms with Crippen molar-refractivity contribution in [3.05, 3.63) is 29.3 Å². The Morgan fingerprint density at radius 1 is 1.55 bits per heavy atom. The summed E-state index contributed by atoms with van der Waals surface area (Å²) < 4.78 is 5.34. The van der Waals surface area contributed by atoms with Gasteiger partial charge in [0.2, 0.25) is 0 Å². The number of rotatable bonds is 4. The van der Waals surface area contributed by atoms with Gasteiger partial charge in [0, 0.05) is 6.54 Å². The molecule has 0 bridgehead atoms. The first kappa shape index (κ1) is 14.4. The number of benzene rings is 1. The molecule has 2 atom stereocenters. The molecule has 1 aromatic carbocycles. The average molecular weight is 274 g/mol. The Kier molecular flexibility index (Phi) is 4.26. The first-order valence-electron chi connectivity index (χ1n) is 6.67. The van der Waals surface area contributed by atoms with Gasteiger partial charge in [-0.25, -0.2) is 0 Å². The molecule has 2 rings (SSSR count). The van der Waals surface area contributed by atoms with Gasteiger partial charge in [-0.3, -0.25) is 4.79 Å². The van der Waals surface area contributed by atoms with E-state index in [1.807, 2.05) is 30.9 Å². The molecule has 1 aliphatic heterocycles. The van der Waals surface area contributed by atoms with Crippen molar-refractivity contribution in [2.24, 2.45) is 5.92 Å². The number of carbonyl (C=O) groups is 1. The predicted octanol–water partition coefficient (Wildman–Crippen LogP) is 1.79. The Bertz CT molecular complexity index is 551. The van der Waals surface area contributed by atoms with E-state index in [1.165, 1.54) is 0 Å². The summed E-state index contributed by atoms with van der Waals surface area (Å²) in [7, 11) is 0. The minimum atomic E-state index is -0.849. The molecule has 5 nitrogen and oxygen atoms in total. The zero-order chi connectivity index (χ0) is 14.7. The fourth-order valence-corrected chi connectivity index (χ4v) is 2.77. The second-order valence-electron chi connectivity index (χ2n) is 4.92. The Hall–Kier alpha value is -2.06. The zero-order valence-corrected chi connectivity index (χ0v) is 11.7. The third kappa shape index (κ3) is 2.47. The minimum absolute atomic E-state index is 0.226. The number of nitrogens with zero attached hydrogens (tertiary/aromatic N) is 2. The maximum Gasteiger partial charge on any atom is 0.311 e. The molecule has 0 spiro atoms. The van der Waals surface area contributed by atoms with Gasteiger partial charge in [0.1, 0.15) is 12.0 Å². The highest BCUT2D eigenvalue weighted by Gasteiger charge is 2.38. The van der Waals surface area contributed by atoms with E-state index in [4.69, 9.17) is 4.74 Å². The molecule has 0 amide bonds. The monoisotopic (exact) mass is 274 g/mol. The maximum absolute atomic E-state index is 11.3. The summed E-state index contributed by atoms with van der Waals surface area (Å²) in [5, 5.41) is 18.6. The number of aliphatic carboxylic acids is 1. The van der Waals surface area contributed by atoms with Crippen LogP contribution in [0, 0.1) is 24.2 Å². The molecule has 1 heterocycles. The zero-order valence-electron chi connectivity index (χ0n) is 11.7. The number of hydrogen-bond donors (Lipinski definition) is 1. The van der Waals surface area contributed by atoms with Crippen LogP contribution in [0.3, 0.4) is 0 Å². The number of anilines is 1. The van der Waals surface area contributed by atoms with Crippen molar-refractivity contribution in [2.75, 3.05) is 24.7 Å². The molecular weight excluding hydrogens is 256 g/mol. The summed E-state index contributed by atoms with van der Waals surface area (Å²) in [6.07, 6.45) is 0. The molecule has 0 radical (unpaired) electrons. The molecular formula is C15H18N2O3. The molecule has 1 aliphatic rings. The number of para-hydroxylation sites is 1. The van der Waals surface area contributed by atoms with Crippen LogP contribution in [0.2, 0.25) is 0 Å². The lowest BCUT2D eigenvalue weighted by atomic mass is 9.99. The summed E-state index contributed by atoms with van der Waals surface area (Å²) in [6.45, 7) is 5.14. The van der Waals surface area contributed by atoms with E-state index in [1.54, 1.807) is 6.07 Å². The van der Waals surface area contributed by atoms with Crippen molar-refractivity contribution in [3.8, 4) is 6.07 Å². The van der Waals surface area contributed by atoms with Gasteiger partial charge in [0.05, 0.1) is 30.5 Å². The number of likely N-dealkylation sites (N-methyl/N-ethyl adjacent to an activating group) is 1. The summed E-state index contributed by atoms with van der Waals surface area (Å²) >= 11 is 0. The van der Waals surface area contributed by atoms with Crippen LogP contribution >= 0.6 is 0 Å². The molecule has 0 saturated carbocycles. The number of carboxylic acid groups (broad SMARTS) is 1.